The molecule has 3 heteroatoms. The van der Waals surface area contributed by atoms with Crippen LogP contribution >= 0.6 is 0 Å². The lowest BCUT2D eigenvalue weighted by Crippen LogP contribution is -2.15. The van der Waals surface area contributed by atoms with Crippen molar-refractivity contribution >= 4 is 5.69 Å². The number of anilines is 1. The van der Waals surface area contributed by atoms with Crippen molar-refractivity contribution in [2.24, 2.45) is 5.92 Å². The van der Waals surface area contributed by atoms with Crippen molar-refractivity contribution in [1.29, 1.82) is 0 Å². The summed E-state index contributed by atoms with van der Waals surface area (Å²) in [6.07, 6.45) is 10.5. The molecule has 3 nitrogen and oxygen atoms in total. The third-order valence-electron chi connectivity index (χ3n) is 4.28. The van der Waals surface area contributed by atoms with Gasteiger partial charge in [-0.15, -0.1) is 0 Å². The number of nitrogens with zero attached hydrogens (tertiary/aromatic N) is 1. The first-order chi connectivity index (χ1) is 10.9. The summed E-state index contributed by atoms with van der Waals surface area (Å²) < 4.78 is 5.93. The minimum atomic E-state index is 0.747. The number of benzene rings is 1. The van der Waals surface area contributed by atoms with Crippen LogP contribution in [0.1, 0.15) is 37.7 Å². The average molecular weight is 296 g/mol. The first kappa shape index (κ1) is 14.9. The first-order valence-corrected chi connectivity index (χ1v) is 8.26. The SMILES string of the molecule is c1cncc(CNc2ccc(OCC3CCCCC3)cc2)c1. The van der Waals surface area contributed by atoms with E-state index >= 15 is 0 Å². The smallest absolute Gasteiger partial charge is 0.119 e. The molecular formula is C19H24N2O. The normalized spacial score (nSPS) is 15.5. The molecule has 1 aromatic heterocycles. The molecule has 1 N–H and O–H groups in total. The summed E-state index contributed by atoms with van der Waals surface area (Å²) in [6, 6.07) is 12.3. The summed E-state index contributed by atoms with van der Waals surface area (Å²) in [5, 5.41) is 3.40. The lowest BCUT2D eigenvalue weighted by atomic mass is 9.90. The molecule has 1 aliphatic carbocycles. The molecular weight excluding hydrogens is 272 g/mol. The number of ether oxygens (including phenoxy) is 1. The molecule has 1 saturated carbocycles. The first-order valence-electron chi connectivity index (χ1n) is 8.26. The Balaban J connectivity index is 1.45. The van der Waals surface area contributed by atoms with Gasteiger partial charge < -0.3 is 10.1 Å². The van der Waals surface area contributed by atoms with Gasteiger partial charge >= 0.3 is 0 Å². The van der Waals surface area contributed by atoms with Crippen LogP contribution in [0.25, 0.3) is 0 Å². The number of rotatable bonds is 6. The van der Waals surface area contributed by atoms with E-state index in [1.807, 2.05) is 12.3 Å². The molecule has 1 aliphatic rings. The number of aromatic nitrogens is 1. The van der Waals surface area contributed by atoms with Crippen LogP contribution in [0.5, 0.6) is 5.75 Å². The molecule has 0 aliphatic heterocycles. The fourth-order valence-electron chi connectivity index (χ4n) is 2.94. The van der Waals surface area contributed by atoms with Gasteiger partial charge in [-0.2, -0.15) is 0 Å². The van der Waals surface area contributed by atoms with Gasteiger partial charge in [0.05, 0.1) is 6.61 Å². The lowest BCUT2D eigenvalue weighted by Gasteiger charge is -2.21. The van der Waals surface area contributed by atoms with E-state index in [1.165, 1.54) is 37.7 Å². The lowest BCUT2D eigenvalue weighted by molar-refractivity contribution is 0.209. The fourth-order valence-corrected chi connectivity index (χ4v) is 2.94. The van der Waals surface area contributed by atoms with Crippen molar-refractivity contribution in [1.82, 2.24) is 4.98 Å². The Morgan fingerprint density at radius 3 is 2.59 bits per heavy atom. The van der Waals surface area contributed by atoms with E-state index in [9.17, 15) is 0 Å². The quantitative estimate of drug-likeness (QED) is 0.842. The Kier molecular flexibility index (Phi) is 5.30. The van der Waals surface area contributed by atoms with Gasteiger partial charge in [0.15, 0.2) is 0 Å². The van der Waals surface area contributed by atoms with Gasteiger partial charge in [0.2, 0.25) is 0 Å². The van der Waals surface area contributed by atoms with Gasteiger partial charge in [0, 0.05) is 24.6 Å². The topological polar surface area (TPSA) is 34.2 Å². The van der Waals surface area contributed by atoms with Gasteiger partial charge in [-0.25, -0.2) is 0 Å². The van der Waals surface area contributed by atoms with Crippen molar-refractivity contribution in [3.05, 3.63) is 54.4 Å². The molecule has 1 aromatic carbocycles. The second-order valence-electron chi connectivity index (χ2n) is 6.05. The molecule has 22 heavy (non-hydrogen) atoms. The highest BCUT2D eigenvalue weighted by Gasteiger charge is 2.13. The second kappa shape index (κ2) is 7.83. The molecule has 0 bridgehead atoms. The number of hydrogen-bond donors (Lipinski definition) is 1. The predicted molar refractivity (Wildman–Crippen MR) is 90.1 cm³/mol. The summed E-state index contributed by atoms with van der Waals surface area (Å²) in [6.45, 7) is 1.65. The van der Waals surface area contributed by atoms with Gasteiger partial charge in [-0.05, 0) is 54.7 Å². The van der Waals surface area contributed by atoms with Crippen molar-refractivity contribution < 1.29 is 4.74 Å². The van der Waals surface area contributed by atoms with Gasteiger partial charge in [0.1, 0.15) is 5.75 Å². The number of pyridine rings is 1. The summed E-state index contributed by atoms with van der Waals surface area (Å²) >= 11 is 0. The molecule has 1 fully saturated rings. The number of hydrogen-bond acceptors (Lipinski definition) is 3. The van der Waals surface area contributed by atoms with Gasteiger partial charge in [-0.3, -0.25) is 4.98 Å². The summed E-state index contributed by atoms with van der Waals surface area (Å²) in [5.74, 6) is 1.72. The summed E-state index contributed by atoms with van der Waals surface area (Å²) in [4.78, 5) is 4.12. The zero-order valence-electron chi connectivity index (χ0n) is 13.0. The van der Waals surface area contributed by atoms with Gasteiger partial charge in [0.25, 0.3) is 0 Å². The molecule has 0 radical (unpaired) electrons. The third-order valence-corrected chi connectivity index (χ3v) is 4.28. The molecule has 3 rings (SSSR count). The van der Waals surface area contributed by atoms with E-state index in [1.54, 1.807) is 6.20 Å². The highest BCUT2D eigenvalue weighted by molar-refractivity contribution is 5.46. The Morgan fingerprint density at radius 1 is 1.05 bits per heavy atom. The standard InChI is InChI=1S/C19H24N2O/c1-2-5-16(6-3-1)15-22-19-10-8-18(9-11-19)21-14-17-7-4-12-20-13-17/h4,7-13,16,21H,1-3,5-6,14-15H2. The second-order valence-corrected chi connectivity index (χ2v) is 6.05. The van der Waals surface area contributed by atoms with Crippen molar-refractivity contribution in [3.8, 4) is 5.75 Å². The van der Waals surface area contributed by atoms with Crippen molar-refractivity contribution in [3.63, 3.8) is 0 Å². The van der Waals surface area contributed by atoms with Crippen molar-refractivity contribution in [2.45, 2.75) is 38.6 Å². The average Bonchev–Trinajstić information content (AvgIpc) is 2.61. The van der Waals surface area contributed by atoms with Crippen molar-refractivity contribution in [2.75, 3.05) is 11.9 Å². The van der Waals surface area contributed by atoms with E-state index in [4.69, 9.17) is 4.74 Å². The Morgan fingerprint density at radius 2 is 1.86 bits per heavy atom. The van der Waals surface area contributed by atoms with Crippen LogP contribution in [0, 0.1) is 5.92 Å². The molecule has 0 amide bonds. The zero-order valence-corrected chi connectivity index (χ0v) is 13.0. The van der Waals surface area contributed by atoms with E-state index in [0.717, 1.165) is 30.5 Å². The minimum absolute atomic E-state index is 0.747. The highest BCUT2D eigenvalue weighted by Crippen LogP contribution is 2.25. The molecule has 2 aromatic rings. The molecule has 0 unspecified atom stereocenters. The Labute approximate surface area is 132 Å². The molecule has 0 saturated heterocycles. The predicted octanol–water partition coefficient (Wildman–Crippen LogP) is 4.65. The Bertz CT molecular complexity index is 547. The van der Waals surface area contributed by atoms with Crippen LogP contribution in [-0.4, -0.2) is 11.6 Å². The summed E-state index contributed by atoms with van der Waals surface area (Å²) in [7, 11) is 0. The molecule has 0 spiro atoms. The van der Waals surface area contributed by atoms with Crippen LogP contribution in [0.3, 0.4) is 0 Å². The van der Waals surface area contributed by atoms with Crippen LogP contribution in [0.2, 0.25) is 0 Å². The molecule has 0 atom stereocenters. The maximum atomic E-state index is 5.93. The largest absolute Gasteiger partial charge is 0.493 e. The minimum Gasteiger partial charge on any atom is -0.493 e. The van der Waals surface area contributed by atoms with E-state index in [2.05, 4.69) is 40.6 Å². The van der Waals surface area contributed by atoms with Gasteiger partial charge in [-0.1, -0.05) is 25.3 Å². The van der Waals surface area contributed by atoms with E-state index < -0.39 is 0 Å². The zero-order chi connectivity index (χ0) is 15.0. The van der Waals surface area contributed by atoms with Crippen LogP contribution < -0.4 is 10.1 Å². The van der Waals surface area contributed by atoms with Crippen LogP contribution in [0.4, 0.5) is 5.69 Å². The maximum absolute atomic E-state index is 5.93. The number of nitrogens with one attached hydrogen (secondary N) is 1. The molecule has 116 valence electrons. The maximum Gasteiger partial charge on any atom is 0.119 e. The monoisotopic (exact) mass is 296 g/mol. The molecule has 1 heterocycles. The van der Waals surface area contributed by atoms with E-state index in [-0.39, 0.29) is 0 Å². The Hall–Kier alpha value is -2.03. The highest BCUT2D eigenvalue weighted by atomic mass is 16.5. The third kappa shape index (κ3) is 4.48. The summed E-state index contributed by atoms with van der Waals surface area (Å²) in [5.41, 5.74) is 2.29. The van der Waals surface area contributed by atoms with Crippen LogP contribution in [-0.2, 0) is 6.54 Å². The van der Waals surface area contributed by atoms with E-state index in [0.29, 0.717) is 0 Å². The van der Waals surface area contributed by atoms with Crippen LogP contribution in [0.15, 0.2) is 48.8 Å². The fraction of sp³-hybridized carbons (Fsp3) is 0.421.